The van der Waals surface area contributed by atoms with Gasteiger partial charge in [0.2, 0.25) is 5.91 Å². The van der Waals surface area contributed by atoms with Crippen LogP contribution < -0.4 is 10.2 Å². The topological polar surface area (TPSA) is 92.8 Å². The molecule has 3 rings (SSSR count). The van der Waals surface area contributed by atoms with Crippen molar-refractivity contribution in [2.45, 2.75) is 25.2 Å². The lowest BCUT2D eigenvalue weighted by Crippen LogP contribution is -2.46. The molecule has 0 aliphatic carbocycles. The Labute approximate surface area is 207 Å². The van der Waals surface area contributed by atoms with E-state index in [0.29, 0.717) is 5.92 Å². The lowest BCUT2D eigenvalue weighted by molar-refractivity contribution is -0.127. The summed E-state index contributed by atoms with van der Waals surface area (Å²) in [7, 11) is 5.62. The van der Waals surface area contributed by atoms with Gasteiger partial charge in [0.15, 0.2) is 5.96 Å². The highest BCUT2D eigenvalue weighted by atomic mass is 127. The predicted molar refractivity (Wildman–Crippen MR) is 139 cm³/mol. The van der Waals surface area contributed by atoms with Crippen molar-refractivity contribution in [3.63, 3.8) is 0 Å². The molecule has 0 saturated carbocycles. The zero-order valence-corrected chi connectivity index (χ0v) is 21.5. The number of amides is 1. The zero-order chi connectivity index (χ0) is 22.1. The normalized spacial score (nSPS) is 14.6. The minimum Gasteiger partial charge on any atom is -0.375 e. The molecule has 10 heteroatoms. The highest BCUT2D eigenvalue weighted by molar-refractivity contribution is 14.0. The predicted octanol–water partition coefficient (Wildman–Crippen LogP) is 2.16. The Morgan fingerprint density at radius 2 is 1.94 bits per heavy atom. The van der Waals surface area contributed by atoms with Crippen molar-refractivity contribution < 1.29 is 4.79 Å². The number of carbonyl (C=O) groups is 1. The highest BCUT2D eigenvalue weighted by Gasteiger charge is 2.24. The number of hydrogen-bond acceptors (Lipinski definition) is 5. The van der Waals surface area contributed by atoms with Crippen LogP contribution in [-0.4, -0.2) is 90.7 Å². The number of halogens is 1. The smallest absolute Gasteiger partial charge is 0.243 e. The summed E-state index contributed by atoms with van der Waals surface area (Å²) >= 11 is 0. The van der Waals surface area contributed by atoms with Crippen LogP contribution in [0.5, 0.6) is 0 Å². The molecule has 1 aliphatic heterocycles. The summed E-state index contributed by atoms with van der Waals surface area (Å²) in [6.07, 6.45) is 4.50. The van der Waals surface area contributed by atoms with Crippen LogP contribution in [0.25, 0.3) is 0 Å². The number of rotatable bonds is 8. The van der Waals surface area contributed by atoms with Crippen molar-refractivity contribution in [2.75, 3.05) is 58.8 Å². The number of likely N-dealkylation sites (N-methyl/N-ethyl adjacent to an activating group) is 1. The summed E-state index contributed by atoms with van der Waals surface area (Å²) in [5, 5.41) is 10.4. The van der Waals surface area contributed by atoms with Crippen LogP contribution >= 0.6 is 24.0 Å². The summed E-state index contributed by atoms with van der Waals surface area (Å²) in [6, 6.07) is 10.4. The molecule has 1 aromatic carbocycles. The van der Waals surface area contributed by atoms with E-state index in [1.165, 1.54) is 5.69 Å². The molecule has 0 radical (unpaired) electrons. The van der Waals surface area contributed by atoms with Gasteiger partial charge in [0.1, 0.15) is 18.7 Å². The third kappa shape index (κ3) is 7.64. The third-order valence-corrected chi connectivity index (χ3v) is 5.63. The van der Waals surface area contributed by atoms with Gasteiger partial charge in [0.25, 0.3) is 0 Å². The Balaban J connectivity index is 0.00000363. The molecule has 1 aliphatic rings. The van der Waals surface area contributed by atoms with E-state index in [9.17, 15) is 4.79 Å². The van der Waals surface area contributed by atoms with Gasteiger partial charge < -0.3 is 20.0 Å². The molecule has 0 atom stereocenters. The zero-order valence-electron chi connectivity index (χ0n) is 19.2. The molecule has 2 heterocycles. The van der Waals surface area contributed by atoms with Crippen molar-refractivity contribution in [1.29, 1.82) is 0 Å². The first-order valence-corrected chi connectivity index (χ1v) is 10.9. The number of anilines is 1. The van der Waals surface area contributed by atoms with Gasteiger partial charge in [-0.15, -0.1) is 24.0 Å². The number of nitrogens with zero attached hydrogens (tertiary/aromatic N) is 6. The van der Waals surface area contributed by atoms with E-state index in [-0.39, 0.29) is 36.4 Å². The first kappa shape index (κ1) is 25.9. The van der Waals surface area contributed by atoms with Crippen LogP contribution in [0.15, 0.2) is 41.7 Å². The minimum atomic E-state index is -0.000318. The van der Waals surface area contributed by atoms with Crippen LogP contribution in [-0.2, 0) is 4.79 Å². The van der Waals surface area contributed by atoms with E-state index >= 15 is 0 Å². The number of aromatic amines is 1. The number of nitrogens with one attached hydrogen (secondary N) is 2. The molecule has 9 nitrogen and oxygen atoms in total. The Bertz CT molecular complexity index is 820. The van der Waals surface area contributed by atoms with E-state index in [1.807, 2.05) is 6.07 Å². The van der Waals surface area contributed by atoms with Gasteiger partial charge >= 0.3 is 0 Å². The maximum absolute atomic E-state index is 12.1. The number of guanidine groups is 1. The van der Waals surface area contributed by atoms with E-state index in [2.05, 4.69) is 66.6 Å². The molecule has 1 amide bonds. The molecule has 1 fully saturated rings. The molecule has 0 unspecified atom stereocenters. The molecule has 0 bridgehead atoms. The second-order valence-corrected chi connectivity index (χ2v) is 8.10. The van der Waals surface area contributed by atoms with Crippen LogP contribution in [0, 0.1) is 0 Å². The highest BCUT2D eigenvalue weighted by Crippen LogP contribution is 2.24. The Hall–Kier alpha value is -2.37. The Morgan fingerprint density at radius 1 is 1.22 bits per heavy atom. The third-order valence-electron chi connectivity index (χ3n) is 5.63. The fraction of sp³-hybridized carbons (Fsp3) is 0.545. The Morgan fingerprint density at radius 3 is 2.56 bits per heavy atom. The fourth-order valence-corrected chi connectivity index (χ4v) is 3.66. The summed E-state index contributed by atoms with van der Waals surface area (Å²) in [4.78, 5) is 27.1. The summed E-state index contributed by atoms with van der Waals surface area (Å²) in [6.45, 7) is 3.64. The second kappa shape index (κ2) is 13.2. The standard InChI is InChI=1S/C22H34N8O.HI/c1-28(2)20(31)16-24-22(23-12-7-13-29(3)19-8-5-4-6-9-19)30-14-10-18(11-15-30)21-25-17-26-27-21;/h4-6,8-9,17-18H,7,10-16H2,1-3H3,(H,23,24)(H,25,26,27);1H. The molecule has 2 aromatic rings. The quantitative estimate of drug-likeness (QED) is 0.225. The summed E-state index contributed by atoms with van der Waals surface area (Å²) in [5.41, 5.74) is 1.21. The summed E-state index contributed by atoms with van der Waals surface area (Å²) in [5.74, 6) is 2.16. The number of piperidine rings is 1. The van der Waals surface area contributed by atoms with Crippen LogP contribution in [0.1, 0.15) is 31.0 Å². The molecule has 176 valence electrons. The maximum Gasteiger partial charge on any atom is 0.243 e. The van der Waals surface area contributed by atoms with Gasteiger partial charge in [-0.3, -0.25) is 9.89 Å². The number of hydrogen-bond donors (Lipinski definition) is 2. The van der Waals surface area contributed by atoms with Crippen molar-refractivity contribution in [1.82, 2.24) is 30.3 Å². The number of aromatic nitrogens is 3. The minimum absolute atomic E-state index is 0. The van der Waals surface area contributed by atoms with Crippen molar-refractivity contribution >= 4 is 41.5 Å². The van der Waals surface area contributed by atoms with E-state index < -0.39 is 0 Å². The van der Waals surface area contributed by atoms with Gasteiger partial charge in [-0.1, -0.05) is 18.2 Å². The number of para-hydroxylation sites is 1. The number of H-pyrrole nitrogens is 1. The van der Waals surface area contributed by atoms with Crippen LogP contribution in [0.2, 0.25) is 0 Å². The van der Waals surface area contributed by atoms with E-state index in [4.69, 9.17) is 0 Å². The van der Waals surface area contributed by atoms with E-state index in [0.717, 1.165) is 57.2 Å². The van der Waals surface area contributed by atoms with Gasteiger partial charge in [0.05, 0.1) is 0 Å². The molecule has 2 N–H and O–H groups in total. The number of carbonyl (C=O) groups excluding carboxylic acids is 1. The average molecular weight is 554 g/mol. The number of aliphatic imine (C=N–C) groups is 1. The SMILES string of the molecule is CN(C)C(=O)CN=C(NCCCN(C)c1ccccc1)N1CCC(c2ncn[nH]2)CC1.I. The fourth-order valence-electron chi connectivity index (χ4n) is 3.66. The molecule has 1 saturated heterocycles. The molecule has 1 aromatic heterocycles. The molecular weight excluding hydrogens is 519 g/mol. The maximum atomic E-state index is 12.1. The molecular formula is C22H35IN8O. The van der Waals surface area contributed by atoms with E-state index in [1.54, 1.807) is 25.3 Å². The van der Waals surface area contributed by atoms with Gasteiger partial charge in [-0.2, -0.15) is 5.10 Å². The van der Waals surface area contributed by atoms with Crippen molar-refractivity contribution in [2.24, 2.45) is 4.99 Å². The van der Waals surface area contributed by atoms with Gasteiger partial charge in [0, 0.05) is 58.9 Å². The average Bonchev–Trinajstić information content (AvgIpc) is 3.34. The second-order valence-electron chi connectivity index (χ2n) is 8.10. The lowest BCUT2D eigenvalue weighted by atomic mass is 9.96. The van der Waals surface area contributed by atoms with Gasteiger partial charge in [-0.25, -0.2) is 9.98 Å². The van der Waals surface area contributed by atoms with Gasteiger partial charge in [-0.05, 0) is 31.4 Å². The number of likely N-dealkylation sites (tertiary alicyclic amines) is 1. The van der Waals surface area contributed by atoms with Crippen LogP contribution in [0.3, 0.4) is 0 Å². The monoisotopic (exact) mass is 554 g/mol. The first-order chi connectivity index (χ1) is 15.0. The van der Waals surface area contributed by atoms with Crippen LogP contribution in [0.4, 0.5) is 5.69 Å². The Kier molecular flexibility index (Phi) is 10.7. The first-order valence-electron chi connectivity index (χ1n) is 10.9. The van der Waals surface area contributed by atoms with Crippen molar-refractivity contribution in [3.8, 4) is 0 Å². The van der Waals surface area contributed by atoms with Crippen molar-refractivity contribution in [3.05, 3.63) is 42.5 Å². The number of benzene rings is 1. The molecule has 32 heavy (non-hydrogen) atoms. The molecule has 0 spiro atoms. The summed E-state index contributed by atoms with van der Waals surface area (Å²) < 4.78 is 0. The lowest BCUT2D eigenvalue weighted by Gasteiger charge is -2.33. The largest absolute Gasteiger partial charge is 0.375 e.